The summed E-state index contributed by atoms with van der Waals surface area (Å²) < 4.78 is 17.1. The van der Waals surface area contributed by atoms with Crippen LogP contribution in [-0.2, 0) is 16.1 Å². The molecule has 0 fully saturated rings. The first-order valence-corrected chi connectivity index (χ1v) is 9.83. The smallest absolute Gasteiger partial charge is 0.139 e. The average molecular weight is 368 g/mol. The van der Waals surface area contributed by atoms with Gasteiger partial charge in [-0.2, -0.15) is 0 Å². The van der Waals surface area contributed by atoms with Gasteiger partial charge in [-0.3, -0.25) is 0 Å². The van der Waals surface area contributed by atoms with Crippen LogP contribution >= 0.6 is 0 Å². The van der Waals surface area contributed by atoms with E-state index >= 15 is 0 Å². The summed E-state index contributed by atoms with van der Waals surface area (Å²) in [7, 11) is 0. The Labute approximate surface area is 159 Å². The maximum Gasteiger partial charge on any atom is 0.139 e. The molecule has 2 N–H and O–H groups in total. The molecule has 0 spiro atoms. The highest BCUT2D eigenvalue weighted by Gasteiger charge is 2.26. The Morgan fingerprint density at radius 3 is 2.15 bits per heavy atom. The van der Waals surface area contributed by atoms with Gasteiger partial charge in [-0.05, 0) is 37.5 Å². The van der Waals surface area contributed by atoms with E-state index in [0.717, 1.165) is 30.8 Å². The van der Waals surface area contributed by atoms with Gasteiger partial charge in [0.25, 0.3) is 0 Å². The third kappa shape index (κ3) is 8.99. The lowest BCUT2D eigenvalue weighted by atomic mass is 10.0. The van der Waals surface area contributed by atoms with E-state index in [1.54, 1.807) is 6.92 Å². The molecular formula is C21H37NO4. The molecule has 0 amide bonds. The minimum Gasteiger partial charge on any atom is -0.486 e. The Morgan fingerprint density at radius 2 is 1.62 bits per heavy atom. The Bertz CT molecular complexity index is 462. The summed E-state index contributed by atoms with van der Waals surface area (Å²) in [6.45, 7) is 12.7. The lowest BCUT2D eigenvalue weighted by Gasteiger charge is -2.31. The van der Waals surface area contributed by atoms with Gasteiger partial charge in [-0.15, -0.1) is 0 Å². The highest BCUT2D eigenvalue weighted by Crippen LogP contribution is 2.18. The van der Waals surface area contributed by atoms with Gasteiger partial charge in [-0.1, -0.05) is 39.8 Å². The van der Waals surface area contributed by atoms with E-state index in [1.807, 2.05) is 24.3 Å². The molecule has 5 heteroatoms. The molecule has 5 nitrogen and oxygen atoms in total. The molecule has 26 heavy (non-hydrogen) atoms. The van der Waals surface area contributed by atoms with E-state index in [2.05, 4.69) is 33.0 Å². The molecule has 0 bridgehead atoms. The molecule has 0 aliphatic rings. The molecule has 0 aliphatic carbocycles. The normalized spacial score (nSPS) is 15.0. The molecule has 3 unspecified atom stereocenters. The highest BCUT2D eigenvalue weighted by atomic mass is 16.5. The molecule has 0 heterocycles. The first-order valence-electron chi connectivity index (χ1n) is 9.83. The van der Waals surface area contributed by atoms with Crippen LogP contribution in [0.5, 0.6) is 5.75 Å². The van der Waals surface area contributed by atoms with Crippen molar-refractivity contribution in [2.24, 2.45) is 0 Å². The molecule has 0 aliphatic heterocycles. The number of ether oxygens (including phenoxy) is 3. The van der Waals surface area contributed by atoms with Crippen LogP contribution in [0.4, 0.5) is 0 Å². The number of hydrogen-bond donors (Lipinski definition) is 2. The van der Waals surface area contributed by atoms with Crippen molar-refractivity contribution >= 4 is 0 Å². The highest BCUT2D eigenvalue weighted by molar-refractivity contribution is 5.27. The molecular weight excluding hydrogens is 330 g/mol. The fourth-order valence-corrected chi connectivity index (χ4v) is 2.77. The molecule has 1 aromatic carbocycles. The van der Waals surface area contributed by atoms with Crippen LogP contribution in [0, 0.1) is 0 Å². The van der Waals surface area contributed by atoms with Gasteiger partial charge in [0.2, 0.25) is 0 Å². The van der Waals surface area contributed by atoms with Crippen LogP contribution in [-0.4, -0.2) is 49.2 Å². The number of aliphatic hydroxyl groups excluding tert-OH is 1. The molecule has 150 valence electrons. The number of rotatable bonds is 14. The Kier molecular flexibility index (Phi) is 11.5. The topological polar surface area (TPSA) is 60.0 Å². The molecule has 0 aromatic heterocycles. The number of hydrogen-bond acceptors (Lipinski definition) is 5. The third-order valence-corrected chi connectivity index (χ3v) is 4.04. The van der Waals surface area contributed by atoms with Crippen LogP contribution < -0.4 is 10.1 Å². The Balaban J connectivity index is 2.52. The van der Waals surface area contributed by atoms with Gasteiger partial charge >= 0.3 is 0 Å². The maximum absolute atomic E-state index is 10.2. The van der Waals surface area contributed by atoms with Crippen molar-refractivity contribution in [3.8, 4) is 5.75 Å². The van der Waals surface area contributed by atoms with Crippen LogP contribution in [0.15, 0.2) is 24.3 Å². The summed E-state index contributed by atoms with van der Waals surface area (Å²) in [5.74, 6) is 0.759. The van der Waals surface area contributed by atoms with Crippen molar-refractivity contribution in [3.63, 3.8) is 0 Å². The number of benzene rings is 1. The average Bonchev–Trinajstić information content (AvgIpc) is 2.61. The number of aliphatic hydroxyl groups is 1. The Hall–Kier alpha value is -1.14. The van der Waals surface area contributed by atoms with Crippen molar-refractivity contribution in [1.29, 1.82) is 0 Å². The van der Waals surface area contributed by atoms with E-state index < -0.39 is 6.10 Å². The molecule has 0 saturated heterocycles. The van der Waals surface area contributed by atoms with Crippen molar-refractivity contribution in [3.05, 3.63) is 29.8 Å². The van der Waals surface area contributed by atoms with Gasteiger partial charge in [0, 0.05) is 18.7 Å². The van der Waals surface area contributed by atoms with Crippen molar-refractivity contribution < 1.29 is 19.3 Å². The number of nitrogens with one attached hydrogen (secondary N) is 1. The van der Waals surface area contributed by atoms with Crippen LogP contribution in [0.2, 0.25) is 0 Å². The molecule has 0 radical (unpaired) electrons. The van der Waals surface area contributed by atoms with Crippen LogP contribution in [0.25, 0.3) is 0 Å². The van der Waals surface area contributed by atoms with Gasteiger partial charge in [0.15, 0.2) is 0 Å². The fourth-order valence-electron chi connectivity index (χ4n) is 2.77. The summed E-state index contributed by atoms with van der Waals surface area (Å²) >= 11 is 0. The Morgan fingerprint density at radius 1 is 0.962 bits per heavy atom. The monoisotopic (exact) mass is 367 g/mol. The lowest BCUT2D eigenvalue weighted by Crippen LogP contribution is -2.50. The van der Waals surface area contributed by atoms with Crippen molar-refractivity contribution in [2.45, 2.75) is 78.4 Å². The summed E-state index contributed by atoms with van der Waals surface area (Å²) in [4.78, 5) is 0. The minimum atomic E-state index is -0.558. The van der Waals surface area contributed by atoms with Crippen molar-refractivity contribution in [1.82, 2.24) is 5.32 Å². The summed E-state index contributed by atoms with van der Waals surface area (Å²) in [6, 6.07) is 8.30. The van der Waals surface area contributed by atoms with Gasteiger partial charge < -0.3 is 24.6 Å². The second-order valence-electron chi connectivity index (χ2n) is 6.97. The van der Waals surface area contributed by atoms with Crippen LogP contribution in [0.1, 0.15) is 53.0 Å². The van der Waals surface area contributed by atoms with Crippen molar-refractivity contribution in [2.75, 3.05) is 19.8 Å². The van der Waals surface area contributed by atoms with E-state index in [1.165, 1.54) is 0 Å². The zero-order valence-electron chi connectivity index (χ0n) is 17.0. The van der Waals surface area contributed by atoms with Gasteiger partial charge in [-0.25, -0.2) is 0 Å². The summed E-state index contributed by atoms with van der Waals surface area (Å²) in [6.07, 6.45) is 1.07. The van der Waals surface area contributed by atoms with Gasteiger partial charge in [0.05, 0.1) is 25.9 Å². The molecule has 1 aromatic rings. The van der Waals surface area contributed by atoms with E-state index in [4.69, 9.17) is 14.2 Å². The standard InChI is InChI=1S/C21H37NO4/c1-6-12-24-13-14-25-15-18-8-10-19(11-9-18)26-21(17(5)23)20(7-2)22-16(3)4/h8-11,16-17,20-23H,6-7,12-15H2,1-5H3. The first kappa shape index (κ1) is 22.9. The fraction of sp³-hybridized carbons (Fsp3) is 0.714. The van der Waals surface area contributed by atoms with Gasteiger partial charge in [0.1, 0.15) is 11.9 Å². The summed E-state index contributed by atoms with van der Waals surface area (Å²) in [5.41, 5.74) is 1.09. The molecule has 0 saturated carbocycles. The maximum atomic E-state index is 10.2. The van der Waals surface area contributed by atoms with Crippen LogP contribution in [0.3, 0.4) is 0 Å². The SMILES string of the molecule is CCCOCCOCc1ccc(OC(C(C)O)C(CC)NC(C)C)cc1. The second kappa shape index (κ2) is 13.1. The molecule has 3 atom stereocenters. The van der Waals surface area contributed by atoms with E-state index in [0.29, 0.717) is 25.9 Å². The minimum absolute atomic E-state index is 0.0983. The predicted octanol–water partition coefficient (Wildman–Crippen LogP) is 3.53. The zero-order valence-corrected chi connectivity index (χ0v) is 17.0. The second-order valence-corrected chi connectivity index (χ2v) is 6.97. The molecule has 1 rings (SSSR count). The lowest BCUT2D eigenvalue weighted by molar-refractivity contribution is 0.0209. The van der Waals surface area contributed by atoms with E-state index in [9.17, 15) is 5.11 Å². The van der Waals surface area contributed by atoms with E-state index in [-0.39, 0.29) is 12.1 Å². The zero-order chi connectivity index (χ0) is 19.4. The largest absolute Gasteiger partial charge is 0.486 e. The summed E-state index contributed by atoms with van der Waals surface area (Å²) in [5, 5.41) is 13.6. The predicted molar refractivity (Wildman–Crippen MR) is 106 cm³/mol. The quantitative estimate of drug-likeness (QED) is 0.493. The first-order chi connectivity index (χ1) is 12.5. The third-order valence-electron chi connectivity index (χ3n) is 4.04.